The first-order chi connectivity index (χ1) is 9.72. The SMILES string of the molecule is COC(=O)c1ccc(CNc2ccc(CCO)cc2)[nH]1. The van der Waals surface area contributed by atoms with Crippen molar-refractivity contribution >= 4 is 11.7 Å². The van der Waals surface area contributed by atoms with Crippen LogP contribution in [0.25, 0.3) is 0 Å². The molecule has 0 unspecified atom stereocenters. The molecule has 1 aromatic carbocycles. The van der Waals surface area contributed by atoms with E-state index < -0.39 is 0 Å². The molecule has 0 aliphatic carbocycles. The van der Waals surface area contributed by atoms with Crippen molar-refractivity contribution in [2.75, 3.05) is 19.0 Å². The van der Waals surface area contributed by atoms with Gasteiger partial charge in [0.1, 0.15) is 5.69 Å². The standard InChI is InChI=1S/C15H18N2O3/c1-20-15(19)14-7-6-13(17-14)10-16-12-4-2-11(3-5-12)8-9-18/h2-7,16-18H,8-10H2,1H3. The lowest BCUT2D eigenvalue weighted by molar-refractivity contribution is 0.0594. The van der Waals surface area contributed by atoms with E-state index in [1.54, 1.807) is 6.07 Å². The second-order valence-corrected chi connectivity index (χ2v) is 4.41. The number of esters is 1. The van der Waals surface area contributed by atoms with E-state index in [0.717, 1.165) is 16.9 Å². The van der Waals surface area contributed by atoms with Gasteiger partial charge in [0.05, 0.1) is 13.7 Å². The van der Waals surface area contributed by atoms with Crippen LogP contribution in [0.4, 0.5) is 5.69 Å². The zero-order valence-corrected chi connectivity index (χ0v) is 11.3. The maximum absolute atomic E-state index is 11.3. The Morgan fingerprint density at radius 2 is 2.00 bits per heavy atom. The lowest BCUT2D eigenvalue weighted by atomic mass is 10.1. The molecule has 0 fully saturated rings. The average Bonchev–Trinajstić information content (AvgIpc) is 2.95. The first-order valence-electron chi connectivity index (χ1n) is 6.43. The summed E-state index contributed by atoms with van der Waals surface area (Å²) in [6.07, 6.45) is 0.666. The normalized spacial score (nSPS) is 10.3. The zero-order chi connectivity index (χ0) is 14.4. The van der Waals surface area contributed by atoms with Crippen molar-refractivity contribution in [2.24, 2.45) is 0 Å². The first-order valence-corrected chi connectivity index (χ1v) is 6.43. The number of H-pyrrole nitrogens is 1. The van der Waals surface area contributed by atoms with Crippen molar-refractivity contribution in [3.63, 3.8) is 0 Å². The Labute approximate surface area is 117 Å². The largest absolute Gasteiger partial charge is 0.464 e. The van der Waals surface area contributed by atoms with Crippen LogP contribution in [0, 0.1) is 0 Å². The van der Waals surface area contributed by atoms with Crippen molar-refractivity contribution < 1.29 is 14.6 Å². The summed E-state index contributed by atoms with van der Waals surface area (Å²) in [5, 5.41) is 12.1. The summed E-state index contributed by atoms with van der Waals surface area (Å²) in [6, 6.07) is 11.4. The minimum Gasteiger partial charge on any atom is -0.464 e. The Morgan fingerprint density at radius 3 is 2.65 bits per heavy atom. The van der Waals surface area contributed by atoms with E-state index in [0.29, 0.717) is 18.7 Å². The van der Waals surface area contributed by atoms with E-state index >= 15 is 0 Å². The molecule has 20 heavy (non-hydrogen) atoms. The van der Waals surface area contributed by atoms with Gasteiger partial charge in [0, 0.05) is 18.0 Å². The molecule has 0 saturated carbocycles. The number of hydrogen-bond acceptors (Lipinski definition) is 4. The molecule has 3 N–H and O–H groups in total. The zero-order valence-electron chi connectivity index (χ0n) is 11.3. The molecule has 106 valence electrons. The van der Waals surface area contributed by atoms with Gasteiger partial charge in [-0.1, -0.05) is 12.1 Å². The number of carbonyl (C=O) groups excluding carboxylic acids is 1. The summed E-state index contributed by atoms with van der Waals surface area (Å²) in [6.45, 7) is 0.752. The van der Waals surface area contributed by atoms with Gasteiger partial charge in [-0.15, -0.1) is 0 Å². The summed E-state index contributed by atoms with van der Waals surface area (Å²) >= 11 is 0. The molecule has 0 aliphatic rings. The van der Waals surface area contributed by atoms with Gasteiger partial charge in [-0.2, -0.15) is 0 Å². The molecule has 0 saturated heterocycles. The minimum atomic E-state index is -0.371. The van der Waals surface area contributed by atoms with Crippen molar-refractivity contribution in [2.45, 2.75) is 13.0 Å². The first kappa shape index (κ1) is 14.1. The van der Waals surface area contributed by atoms with Crippen LogP contribution in [0.3, 0.4) is 0 Å². The van der Waals surface area contributed by atoms with Crippen molar-refractivity contribution in [1.82, 2.24) is 4.98 Å². The molecule has 0 atom stereocenters. The predicted octanol–water partition coefficient (Wildman–Crippen LogP) is 1.95. The number of benzene rings is 1. The van der Waals surface area contributed by atoms with E-state index in [2.05, 4.69) is 15.0 Å². The number of rotatable bonds is 6. The molecule has 0 aliphatic heterocycles. The number of ether oxygens (including phenoxy) is 1. The highest BCUT2D eigenvalue weighted by atomic mass is 16.5. The Morgan fingerprint density at radius 1 is 1.25 bits per heavy atom. The summed E-state index contributed by atoms with van der Waals surface area (Å²) in [5.74, 6) is -0.371. The number of carbonyl (C=O) groups is 1. The second kappa shape index (κ2) is 6.77. The molecule has 0 spiro atoms. The number of hydrogen-bond donors (Lipinski definition) is 3. The van der Waals surface area contributed by atoms with E-state index in [1.165, 1.54) is 7.11 Å². The monoisotopic (exact) mass is 274 g/mol. The number of nitrogens with one attached hydrogen (secondary N) is 2. The highest BCUT2D eigenvalue weighted by Gasteiger charge is 2.07. The maximum Gasteiger partial charge on any atom is 0.354 e. The highest BCUT2D eigenvalue weighted by Crippen LogP contribution is 2.12. The number of aliphatic hydroxyl groups excluding tert-OH is 1. The van der Waals surface area contributed by atoms with Gasteiger partial charge in [-0.25, -0.2) is 4.79 Å². The smallest absolute Gasteiger partial charge is 0.354 e. The number of aliphatic hydroxyl groups is 1. The van der Waals surface area contributed by atoms with Crippen LogP contribution in [0.15, 0.2) is 36.4 Å². The second-order valence-electron chi connectivity index (χ2n) is 4.41. The molecular formula is C15H18N2O3. The maximum atomic E-state index is 11.3. The van der Waals surface area contributed by atoms with Crippen LogP contribution in [0.2, 0.25) is 0 Å². The van der Waals surface area contributed by atoms with Crippen LogP contribution in [-0.4, -0.2) is 29.8 Å². The third kappa shape index (κ3) is 3.61. The topological polar surface area (TPSA) is 74.3 Å². The van der Waals surface area contributed by atoms with Crippen molar-refractivity contribution in [1.29, 1.82) is 0 Å². The van der Waals surface area contributed by atoms with Crippen LogP contribution in [0.1, 0.15) is 21.7 Å². The lowest BCUT2D eigenvalue weighted by Gasteiger charge is -2.06. The fourth-order valence-electron chi connectivity index (χ4n) is 1.89. The van der Waals surface area contributed by atoms with Crippen LogP contribution in [-0.2, 0) is 17.7 Å². The molecule has 0 bridgehead atoms. The van der Waals surface area contributed by atoms with Gasteiger partial charge in [0.15, 0.2) is 0 Å². The van der Waals surface area contributed by atoms with Gasteiger partial charge in [-0.3, -0.25) is 0 Å². The van der Waals surface area contributed by atoms with Crippen LogP contribution >= 0.6 is 0 Å². The minimum absolute atomic E-state index is 0.158. The summed E-state index contributed by atoms with van der Waals surface area (Å²) in [5.41, 5.74) is 3.44. The fourth-order valence-corrected chi connectivity index (χ4v) is 1.89. The number of aromatic amines is 1. The van der Waals surface area contributed by atoms with E-state index in [-0.39, 0.29) is 12.6 Å². The van der Waals surface area contributed by atoms with E-state index in [1.807, 2.05) is 30.3 Å². The third-order valence-electron chi connectivity index (χ3n) is 2.99. The van der Waals surface area contributed by atoms with E-state index in [9.17, 15) is 4.79 Å². The van der Waals surface area contributed by atoms with Gasteiger partial charge in [0.25, 0.3) is 0 Å². The molecule has 5 nitrogen and oxygen atoms in total. The molecule has 5 heteroatoms. The van der Waals surface area contributed by atoms with Crippen LogP contribution in [0.5, 0.6) is 0 Å². The summed E-state index contributed by atoms with van der Waals surface area (Å²) < 4.78 is 4.64. The molecular weight excluding hydrogens is 256 g/mol. The van der Waals surface area contributed by atoms with Crippen LogP contribution < -0.4 is 5.32 Å². The van der Waals surface area contributed by atoms with E-state index in [4.69, 9.17) is 5.11 Å². The Kier molecular flexibility index (Phi) is 4.79. The number of methoxy groups -OCH3 is 1. The number of aromatic nitrogens is 1. The van der Waals surface area contributed by atoms with Gasteiger partial charge >= 0.3 is 5.97 Å². The molecule has 1 heterocycles. The summed E-state index contributed by atoms with van der Waals surface area (Å²) in [7, 11) is 1.36. The van der Waals surface area contributed by atoms with Gasteiger partial charge in [0.2, 0.25) is 0 Å². The quantitative estimate of drug-likeness (QED) is 0.704. The fraction of sp³-hybridized carbons (Fsp3) is 0.267. The Balaban J connectivity index is 1.91. The summed E-state index contributed by atoms with van der Waals surface area (Å²) in [4.78, 5) is 14.3. The van der Waals surface area contributed by atoms with Crippen molar-refractivity contribution in [3.8, 4) is 0 Å². The number of anilines is 1. The Bertz CT molecular complexity index is 561. The molecule has 2 aromatic rings. The molecule has 2 rings (SSSR count). The third-order valence-corrected chi connectivity index (χ3v) is 2.99. The lowest BCUT2D eigenvalue weighted by Crippen LogP contribution is -2.03. The molecule has 0 amide bonds. The molecule has 0 radical (unpaired) electrons. The average molecular weight is 274 g/mol. The van der Waals surface area contributed by atoms with Crippen molar-refractivity contribution in [3.05, 3.63) is 53.3 Å². The highest BCUT2D eigenvalue weighted by molar-refractivity contribution is 5.87. The van der Waals surface area contributed by atoms with Gasteiger partial charge in [-0.05, 0) is 36.2 Å². The Hall–Kier alpha value is -2.27. The predicted molar refractivity (Wildman–Crippen MR) is 76.7 cm³/mol. The van der Waals surface area contributed by atoms with Gasteiger partial charge < -0.3 is 20.1 Å². The molecule has 1 aromatic heterocycles.